The van der Waals surface area contributed by atoms with Crippen LogP contribution in [0.25, 0.3) is 11.1 Å². The van der Waals surface area contributed by atoms with E-state index in [2.05, 4.69) is 0 Å². The van der Waals surface area contributed by atoms with Crippen molar-refractivity contribution in [3.8, 4) is 11.1 Å². The van der Waals surface area contributed by atoms with E-state index < -0.39 is 20.4 Å². The predicted octanol–water partition coefficient (Wildman–Crippen LogP) is 5.05. The fourth-order valence-electron chi connectivity index (χ4n) is 2.81. The van der Waals surface area contributed by atoms with Gasteiger partial charge in [0, 0.05) is 29.6 Å². The molecule has 0 atom stereocenters. The van der Waals surface area contributed by atoms with Gasteiger partial charge >= 0.3 is 8.80 Å². The van der Waals surface area contributed by atoms with Crippen molar-refractivity contribution in [1.82, 2.24) is 0 Å². The van der Waals surface area contributed by atoms with Crippen molar-refractivity contribution in [2.24, 2.45) is 0 Å². The molecular weight excluding hydrogens is 366 g/mol. The number of benzene rings is 2. The van der Waals surface area contributed by atoms with Gasteiger partial charge in [-0.2, -0.15) is 0 Å². The maximum absolute atomic E-state index is 13.5. The van der Waals surface area contributed by atoms with Crippen LogP contribution in [-0.4, -0.2) is 27.1 Å². The van der Waals surface area contributed by atoms with Crippen molar-refractivity contribution in [3.63, 3.8) is 0 Å². The topological polar surface area (TPSA) is 27.7 Å². The third-order valence-electron chi connectivity index (χ3n) is 3.61. The number of rotatable bonds is 8. The lowest BCUT2D eigenvalue weighted by Gasteiger charge is -2.34. The first-order valence-corrected chi connectivity index (χ1v) is 10.9. The van der Waals surface area contributed by atoms with Crippen LogP contribution in [0.3, 0.4) is 0 Å². The summed E-state index contributed by atoms with van der Waals surface area (Å²) in [6, 6.07) is 10.8. The van der Waals surface area contributed by atoms with E-state index in [1.807, 2.05) is 65.8 Å². The highest BCUT2D eigenvalue weighted by atomic mass is 28.4. The summed E-state index contributed by atoms with van der Waals surface area (Å²) in [4.78, 5) is 0. The summed E-state index contributed by atoms with van der Waals surface area (Å²) in [7, 11) is -3.15. The standard InChI is InChI=1S/C21H28F2O3Si/c1-14(2)24-27(25-15(3)4,26-16(5)6)21-9-7-17(8-10-21)18-11-19(22)13-20(23)12-18/h7-16H,1-6H3. The van der Waals surface area contributed by atoms with Gasteiger partial charge in [0.25, 0.3) is 0 Å². The molecule has 0 spiro atoms. The van der Waals surface area contributed by atoms with E-state index in [4.69, 9.17) is 13.3 Å². The molecule has 2 rings (SSSR count). The third kappa shape index (κ3) is 5.94. The van der Waals surface area contributed by atoms with Gasteiger partial charge in [0.2, 0.25) is 0 Å². The van der Waals surface area contributed by atoms with E-state index in [1.165, 1.54) is 12.1 Å². The Balaban J connectivity index is 2.45. The molecule has 0 heterocycles. The molecule has 148 valence electrons. The first-order chi connectivity index (χ1) is 12.6. The monoisotopic (exact) mass is 394 g/mol. The summed E-state index contributed by atoms with van der Waals surface area (Å²) in [5.41, 5.74) is 1.18. The van der Waals surface area contributed by atoms with Crippen LogP contribution in [0.15, 0.2) is 42.5 Å². The zero-order chi connectivity index (χ0) is 20.2. The minimum Gasteiger partial charge on any atom is -0.367 e. The molecule has 0 N–H and O–H groups in total. The summed E-state index contributed by atoms with van der Waals surface area (Å²) in [6.07, 6.45) is -0.233. The lowest BCUT2D eigenvalue weighted by molar-refractivity contribution is 0.0153. The van der Waals surface area contributed by atoms with Crippen molar-refractivity contribution in [2.75, 3.05) is 0 Å². The largest absolute Gasteiger partial charge is 0.537 e. The molecule has 0 bridgehead atoms. The van der Waals surface area contributed by atoms with Crippen LogP contribution in [0.2, 0.25) is 0 Å². The second kappa shape index (κ2) is 9.06. The van der Waals surface area contributed by atoms with Crippen LogP contribution in [0.4, 0.5) is 8.78 Å². The molecule has 27 heavy (non-hydrogen) atoms. The molecule has 0 aromatic heterocycles. The second-order valence-corrected chi connectivity index (χ2v) is 9.69. The van der Waals surface area contributed by atoms with Crippen LogP contribution in [-0.2, 0) is 13.3 Å². The highest BCUT2D eigenvalue weighted by Crippen LogP contribution is 2.23. The Bertz CT molecular complexity index is 699. The molecule has 0 aliphatic rings. The average molecular weight is 395 g/mol. The number of hydrogen-bond acceptors (Lipinski definition) is 3. The molecule has 0 aliphatic carbocycles. The Hall–Kier alpha value is -1.60. The molecule has 0 fully saturated rings. The fourth-order valence-corrected chi connectivity index (χ4v) is 5.82. The smallest absolute Gasteiger partial charge is 0.367 e. The van der Waals surface area contributed by atoms with E-state index in [0.717, 1.165) is 11.3 Å². The van der Waals surface area contributed by atoms with Crippen LogP contribution in [0.5, 0.6) is 0 Å². The van der Waals surface area contributed by atoms with Gasteiger partial charge in [-0.3, -0.25) is 0 Å². The fraction of sp³-hybridized carbons (Fsp3) is 0.429. The minimum atomic E-state index is -3.15. The van der Waals surface area contributed by atoms with E-state index in [9.17, 15) is 8.78 Å². The second-order valence-electron chi connectivity index (χ2n) is 7.29. The summed E-state index contributed by atoms with van der Waals surface area (Å²) < 4.78 is 45.7. The summed E-state index contributed by atoms with van der Waals surface area (Å²) >= 11 is 0. The maximum Gasteiger partial charge on any atom is 0.537 e. The van der Waals surface area contributed by atoms with E-state index in [-0.39, 0.29) is 18.3 Å². The van der Waals surface area contributed by atoms with E-state index in [1.54, 1.807) is 0 Å². The van der Waals surface area contributed by atoms with Crippen molar-refractivity contribution < 1.29 is 22.1 Å². The molecule has 0 amide bonds. The van der Waals surface area contributed by atoms with Gasteiger partial charge in [0.15, 0.2) is 0 Å². The number of hydrogen-bond donors (Lipinski definition) is 0. The highest BCUT2D eigenvalue weighted by Gasteiger charge is 2.46. The van der Waals surface area contributed by atoms with Gasteiger partial charge in [-0.15, -0.1) is 0 Å². The zero-order valence-corrected chi connectivity index (χ0v) is 17.8. The highest BCUT2D eigenvalue weighted by molar-refractivity contribution is 6.75. The van der Waals surface area contributed by atoms with Gasteiger partial charge in [0.1, 0.15) is 11.6 Å². The Kier molecular flexibility index (Phi) is 7.28. The van der Waals surface area contributed by atoms with Gasteiger partial charge in [-0.05, 0) is 64.8 Å². The molecule has 2 aromatic carbocycles. The zero-order valence-electron chi connectivity index (χ0n) is 16.8. The molecular formula is C21H28F2O3Si. The minimum absolute atomic E-state index is 0.0776. The Morgan fingerprint density at radius 1 is 0.630 bits per heavy atom. The molecule has 0 radical (unpaired) electrons. The predicted molar refractivity (Wildman–Crippen MR) is 106 cm³/mol. The lowest BCUT2D eigenvalue weighted by atomic mass is 10.1. The van der Waals surface area contributed by atoms with Crippen LogP contribution in [0.1, 0.15) is 41.5 Å². The van der Waals surface area contributed by atoms with Crippen molar-refractivity contribution in [3.05, 3.63) is 54.1 Å². The lowest BCUT2D eigenvalue weighted by Crippen LogP contribution is -2.60. The van der Waals surface area contributed by atoms with E-state index in [0.29, 0.717) is 11.1 Å². The van der Waals surface area contributed by atoms with Gasteiger partial charge in [-0.1, -0.05) is 24.3 Å². The summed E-state index contributed by atoms with van der Waals surface area (Å²) in [5, 5.41) is 0.819. The van der Waals surface area contributed by atoms with Gasteiger partial charge in [-0.25, -0.2) is 8.78 Å². The molecule has 0 saturated heterocycles. The van der Waals surface area contributed by atoms with Crippen LogP contribution < -0.4 is 5.19 Å². The Labute approximate surface area is 161 Å². The van der Waals surface area contributed by atoms with Crippen LogP contribution >= 0.6 is 0 Å². The van der Waals surface area contributed by atoms with Gasteiger partial charge in [0.05, 0.1) is 0 Å². The van der Waals surface area contributed by atoms with Gasteiger partial charge < -0.3 is 13.3 Å². The van der Waals surface area contributed by atoms with Crippen molar-refractivity contribution >= 4 is 14.0 Å². The Morgan fingerprint density at radius 3 is 1.41 bits per heavy atom. The molecule has 0 saturated carbocycles. The SMILES string of the molecule is CC(C)O[Si](OC(C)C)(OC(C)C)c1ccc(-c2cc(F)cc(F)c2)cc1. The molecule has 0 aliphatic heterocycles. The summed E-state index contributed by atoms with van der Waals surface area (Å²) in [5.74, 6) is -1.21. The normalized spacial score (nSPS) is 12.4. The Morgan fingerprint density at radius 2 is 1.04 bits per heavy atom. The first kappa shape index (κ1) is 21.7. The first-order valence-electron chi connectivity index (χ1n) is 9.21. The van der Waals surface area contributed by atoms with Crippen molar-refractivity contribution in [1.29, 1.82) is 0 Å². The molecule has 6 heteroatoms. The molecule has 3 nitrogen and oxygen atoms in total. The number of halogens is 2. The van der Waals surface area contributed by atoms with E-state index >= 15 is 0 Å². The molecule has 0 unspecified atom stereocenters. The van der Waals surface area contributed by atoms with Crippen molar-refractivity contribution in [2.45, 2.75) is 59.9 Å². The van der Waals surface area contributed by atoms with Crippen LogP contribution in [0, 0.1) is 11.6 Å². The average Bonchev–Trinajstić information content (AvgIpc) is 2.52. The third-order valence-corrected chi connectivity index (χ3v) is 6.99. The quantitative estimate of drug-likeness (QED) is 0.586. The summed E-state index contributed by atoms with van der Waals surface area (Å²) in [6.45, 7) is 11.7. The molecule has 2 aromatic rings. The maximum atomic E-state index is 13.5.